The molecule has 0 atom stereocenters. The molecule has 0 bridgehead atoms. The van der Waals surface area contributed by atoms with Gasteiger partial charge in [-0.3, -0.25) is 19.6 Å². The van der Waals surface area contributed by atoms with E-state index in [0.717, 1.165) is 34.6 Å². The summed E-state index contributed by atoms with van der Waals surface area (Å²) in [4.78, 5) is 22.6. The number of nitrogens with one attached hydrogen (secondary N) is 1. The van der Waals surface area contributed by atoms with Crippen LogP contribution in [0.1, 0.15) is 33.2 Å². The molecule has 0 aliphatic rings. The molecule has 0 aliphatic heterocycles. The maximum atomic E-state index is 12.4. The number of benzene rings is 1. The maximum Gasteiger partial charge on any atom is 0.307 e. The summed E-state index contributed by atoms with van der Waals surface area (Å²) in [6.07, 6.45) is 5.61. The number of methoxy groups -OCH3 is 1. The Labute approximate surface area is 203 Å². The monoisotopic (exact) mass is 495 g/mol. The Morgan fingerprint density at radius 2 is 2.17 bits per heavy atom. The minimum atomic E-state index is -0.534. The van der Waals surface area contributed by atoms with Gasteiger partial charge in [-0.15, -0.1) is 11.8 Å². The molecule has 0 fully saturated rings. The number of hydrogen-bond acceptors (Lipinski definition) is 9. The van der Waals surface area contributed by atoms with E-state index in [4.69, 9.17) is 13.6 Å². The van der Waals surface area contributed by atoms with E-state index >= 15 is 0 Å². The number of hydrazone groups is 1. The molecule has 4 rings (SSSR count). The van der Waals surface area contributed by atoms with Crippen LogP contribution in [0.25, 0.3) is 0 Å². The predicted octanol–water partition coefficient (Wildman–Crippen LogP) is 4.23. The van der Waals surface area contributed by atoms with Crippen LogP contribution in [-0.2, 0) is 18.1 Å². The largest absolute Gasteiger partial charge is 0.496 e. The number of rotatable bonds is 11. The summed E-state index contributed by atoms with van der Waals surface area (Å²) in [5.41, 5.74) is 4.09. The number of furan rings is 2. The van der Waals surface area contributed by atoms with Crippen molar-refractivity contribution in [3.63, 3.8) is 0 Å². The van der Waals surface area contributed by atoms with Crippen LogP contribution in [0.3, 0.4) is 0 Å². The molecule has 1 amide bonds. The lowest BCUT2D eigenvalue weighted by Crippen LogP contribution is -2.16. The highest BCUT2D eigenvalue weighted by Gasteiger charge is 2.13. The van der Waals surface area contributed by atoms with Gasteiger partial charge in [-0.1, -0.05) is 0 Å². The van der Waals surface area contributed by atoms with Gasteiger partial charge in [0, 0.05) is 11.3 Å². The first kappa shape index (κ1) is 23.8. The van der Waals surface area contributed by atoms with Crippen LogP contribution in [0.2, 0.25) is 0 Å². The number of carbonyl (C=O) groups excluding carboxylic acids is 1. The molecular formula is C23H21N5O6S. The first-order valence-corrected chi connectivity index (χ1v) is 11.5. The molecule has 0 aliphatic carbocycles. The van der Waals surface area contributed by atoms with Crippen LogP contribution in [0.5, 0.6) is 5.75 Å². The molecule has 1 aromatic carbocycles. The van der Waals surface area contributed by atoms with Gasteiger partial charge in [0.15, 0.2) is 5.76 Å². The number of aromatic nitrogens is 2. The van der Waals surface area contributed by atoms with Crippen LogP contribution in [0.15, 0.2) is 75.1 Å². The second kappa shape index (κ2) is 11.2. The van der Waals surface area contributed by atoms with Crippen molar-refractivity contribution in [1.82, 2.24) is 15.2 Å². The van der Waals surface area contributed by atoms with E-state index in [-0.39, 0.29) is 18.0 Å². The van der Waals surface area contributed by atoms with Gasteiger partial charge in [0.2, 0.25) is 0 Å². The van der Waals surface area contributed by atoms with Gasteiger partial charge in [0.05, 0.1) is 36.8 Å². The SMILES string of the molecule is COc1ccc(C=NNC(=O)c2ccc(Cn3cc([N+](=O)[O-])cn3)o2)cc1CSCc1ccco1. The molecule has 0 saturated heterocycles. The number of hydrogen-bond donors (Lipinski definition) is 1. The third kappa shape index (κ3) is 6.38. The van der Waals surface area contributed by atoms with E-state index in [1.165, 1.54) is 23.2 Å². The number of nitrogens with zero attached hydrogens (tertiary/aromatic N) is 4. The molecule has 4 aromatic rings. The Bertz CT molecular complexity index is 1330. The highest BCUT2D eigenvalue weighted by atomic mass is 32.2. The van der Waals surface area contributed by atoms with Crippen molar-refractivity contribution < 1.29 is 23.3 Å². The van der Waals surface area contributed by atoms with E-state index < -0.39 is 10.8 Å². The van der Waals surface area contributed by atoms with Crippen molar-refractivity contribution in [2.75, 3.05) is 7.11 Å². The van der Waals surface area contributed by atoms with Crippen molar-refractivity contribution in [1.29, 1.82) is 0 Å². The van der Waals surface area contributed by atoms with E-state index in [2.05, 4.69) is 15.6 Å². The molecule has 35 heavy (non-hydrogen) atoms. The fourth-order valence-corrected chi connectivity index (χ4v) is 4.06. The fraction of sp³-hybridized carbons (Fsp3) is 0.174. The van der Waals surface area contributed by atoms with Crippen LogP contribution in [-0.4, -0.2) is 33.9 Å². The van der Waals surface area contributed by atoms with Gasteiger partial charge in [0.25, 0.3) is 0 Å². The molecule has 0 unspecified atom stereocenters. The van der Waals surface area contributed by atoms with Gasteiger partial charge in [-0.2, -0.15) is 10.2 Å². The summed E-state index contributed by atoms with van der Waals surface area (Å²) >= 11 is 1.69. The first-order chi connectivity index (χ1) is 17.0. The lowest BCUT2D eigenvalue weighted by atomic mass is 10.1. The first-order valence-electron chi connectivity index (χ1n) is 10.4. The van der Waals surface area contributed by atoms with Crippen molar-refractivity contribution in [2.45, 2.75) is 18.1 Å². The summed E-state index contributed by atoms with van der Waals surface area (Å²) in [7, 11) is 1.62. The Kier molecular flexibility index (Phi) is 7.63. The van der Waals surface area contributed by atoms with E-state index in [1.807, 2.05) is 30.3 Å². The Morgan fingerprint density at radius 1 is 1.29 bits per heavy atom. The molecule has 0 spiro atoms. The Morgan fingerprint density at radius 3 is 2.91 bits per heavy atom. The number of amides is 1. The zero-order valence-electron chi connectivity index (χ0n) is 18.6. The number of nitro groups is 1. The van der Waals surface area contributed by atoms with E-state index in [9.17, 15) is 14.9 Å². The third-order valence-electron chi connectivity index (χ3n) is 4.80. The number of carbonyl (C=O) groups is 1. The lowest BCUT2D eigenvalue weighted by Gasteiger charge is -2.09. The van der Waals surface area contributed by atoms with Crippen LogP contribution < -0.4 is 10.2 Å². The van der Waals surface area contributed by atoms with Crippen LogP contribution in [0.4, 0.5) is 5.69 Å². The maximum absolute atomic E-state index is 12.4. The Hall–Kier alpha value is -4.32. The number of ether oxygens (including phenoxy) is 1. The van der Waals surface area contributed by atoms with Crippen molar-refractivity contribution >= 4 is 29.6 Å². The molecule has 0 saturated carbocycles. The quantitative estimate of drug-likeness (QED) is 0.185. The summed E-state index contributed by atoms with van der Waals surface area (Å²) in [6, 6.07) is 12.5. The van der Waals surface area contributed by atoms with Gasteiger partial charge < -0.3 is 13.6 Å². The average molecular weight is 496 g/mol. The van der Waals surface area contributed by atoms with Gasteiger partial charge in [-0.25, -0.2) is 5.43 Å². The molecule has 3 aromatic heterocycles. The second-order valence-electron chi connectivity index (χ2n) is 7.26. The van der Waals surface area contributed by atoms with E-state index in [1.54, 1.807) is 31.2 Å². The van der Waals surface area contributed by atoms with Crippen molar-refractivity contribution in [2.24, 2.45) is 5.10 Å². The highest BCUT2D eigenvalue weighted by molar-refractivity contribution is 7.97. The van der Waals surface area contributed by atoms with Crippen LogP contribution in [0, 0.1) is 10.1 Å². The van der Waals surface area contributed by atoms with Gasteiger partial charge in [-0.05, 0) is 48.0 Å². The standard InChI is InChI=1S/C23H21N5O6S/c1-32-21-6-4-16(9-17(21)14-35-15-20-3-2-8-33-20)10-24-26-23(29)22-7-5-19(34-22)13-27-12-18(11-25-27)28(30)31/h2-12H,13-15H2,1H3,(H,26,29). The van der Waals surface area contributed by atoms with E-state index in [0.29, 0.717) is 11.5 Å². The fourth-order valence-electron chi connectivity index (χ4n) is 3.15. The Balaban J connectivity index is 1.32. The smallest absolute Gasteiger partial charge is 0.307 e. The molecule has 0 radical (unpaired) electrons. The van der Waals surface area contributed by atoms with Crippen molar-refractivity contribution in [3.8, 4) is 5.75 Å². The van der Waals surface area contributed by atoms with Crippen LogP contribution >= 0.6 is 11.8 Å². The highest BCUT2D eigenvalue weighted by Crippen LogP contribution is 2.26. The second-order valence-corrected chi connectivity index (χ2v) is 8.25. The van der Waals surface area contributed by atoms with Crippen molar-refractivity contribution in [3.05, 3.63) is 99.6 Å². The molecule has 1 N–H and O–H groups in total. The minimum Gasteiger partial charge on any atom is -0.496 e. The zero-order chi connectivity index (χ0) is 24.6. The molecular weight excluding hydrogens is 474 g/mol. The molecule has 11 nitrogen and oxygen atoms in total. The molecule has 180 valence electrons. The summed E-state index contributed by atoms with van der Waals surface area (Å²) < 4.78 is 17.7. The third-order valence-corrected chi connectivity index (χ3v) is 5.80. The summed E-state index contributed by atoms with van der Waals surface area (Å²) in [5, 5.41) is 18.7. The lowest BCUT2D eigenvalue weighted by molar-refractivity contribution is -0.385. The molecule has 12 heteroatoms. The van der Waals surface area contributed by atoms with Gasteiger partial charge in [0.1, 0.15) is 29.7 Å². The molecule has 3 heterocycles. The average Bonchev–Trinajstić information content (AvgIpc) is 3.62. The zero-order valence-corrected chi connectivity index (χ0v) is 19.4. The number of thioether (sulfide) groups is 1. The summed E-state index contributed by atoms with van der Waals surface area (Å²) in [5.74, 6) is 3.08. The topological polar surface area (TPSA) is 138 Å². The predicted molar refractivity (Wildman–Crippen MR) is 128 cm³/mol. The summed E-state index contributed by atoms with van der Waals surface area (Å²) in [6.45, 7) is 0.150. The normalized spacial score (nSPS) is 11.1. The minimum absolute atomic E-state index is 0.0588. The van der Waals surface area contributed by atoms with Gasteiger partial charge >= 0.3 is 11.6 Å².